The van der Waals surface area contributed by atoms with Gasteiger partial charge >= 0.3 is 6.18 Å². The van der Waals surface area contributed by atoms with E-state index in [4.69, 9.17) is 0 Å². The molecule has 0 aliphatic carbocycles. The normalized spacial score (nSPS) is 17.8. The van der Waals surface area contributed by atoms with Gasteiger partial charge in [0.1, 0.15) is 0 Å². The number of halogens is 3. The lowest BCUT2D eigenvalue weighted by Gasteiger charge is -2.32. The van der Waals surface area contributed by atoms with Gasteiger partial charge in [0.2, 0.25) is 0 Å². The highest BCUT2D eigenvalue weighted by Crippen LogP contribution is 2.38. The summed E-state index contributed by atoms with van der Waals surface area (Å²) in [5.41, 5.74) is 0.598. The van der Waals surface area contributed by atoms with Crippen LogP contribution in [0.2, 0.25) is 0 Å². The van der Waals surface area contributed by atoms with Crippen molar-refractivity contribution in [3.05, 3.63) is 46.9 Å². The van der Waals surface area contributed by atoms with Gasteiger partial charge in [0.25, 0.3) is 5.91 Å². The molecule has 0 saturated carbocycles. The molecule has 1 amide bonds. The van der Waals surface area contributed by atoms with Crippen molar-refractivity contribution in [3.8, 4) is 0 Å². The average Bonchev–Trinajstić information content (AvgIpc) is 3.11. The summed E-state index contributed by atoms with van der Waals surface area (Å²) in [5, 5.41) is 0. The van der Waals surface area contributed by atoms with Gasteiger partial charge in [0.15, 0.2) is 11.6 Å². The van der Waals surface area contributed by atoms with Crippen molar-refractivity contribution in [2.75, 3.05) is 13.1 Å². The van der Waals surface area contributed by atoms with Crippen LogP contribution in [-0.2, 0) is 12.6 Å². The maximum atomic E-state index is 13.3. The molecule has 0 bridgehead atoms. The highest BCUT2D eigenvalue weighted by Gasteiger charge is 2.36. The fourth-order valence-corrected chi connectivity index (χ4v) is 3.80. The molecule has 2 aliphatic heterocycles. The van der Waals surface area contributed by atoms with Crippen LogP contribution in [0.4, 0.5) is 19.0 Å². The SMILES string of the molecule is O=C(c1nc2c([nH]1)CCC=N2)N1CCC(c2ccccc2C(F)(F)F)CC1. The number of alkyl halides is 3. The van der Waals surface area contributed by atoms with Crippen molar-refractivity contribution in [3.63, 3.8) is 0 Å². The van der Waals surface area contributed by atoms with E-state index in [1.165, 1.54) is 6.07 Å². The monoisotopic (exact) mass is 376 g/mol. The Labute approximate surface area is 154 Å². The van der Waals surface area contributed by atoms with Gasteiger partial charge in [-0.3, -0.25) is 4.79 Å². The number of carbonyl (C=O) groups excluding carboxylic acids is 1. The molecule has 5 nitrogen and oxygen atoms in total. The Bertz CT molecular complexity index is 879. The van der Waals surface area contributed by atoms with Crippen LogP contribution >= 0.6 is 0 Å². The predicted molar refractivity (Wildman–Crippen MR) is 94.4 cm³/mol. The number of fused-ring (bicyclic) bond motifs is 1. The number of aryl methyl sites for hydroxylation is 1. The summed E-state index contributed by atoms with van der Waals surface area (Å²) in [7, 11) is 0. The largest absolute Gasteiger partial charge is 0.416 e. The second kappa shape index (κ2) is 6.83. The lowest BCUT2D eigenvalue weighted by atomic mass is 9.86. The van der Waals surface area contributed by atoms with Crippen molar-refractivity contribution >= 4 is 17.9 Å². The number of benzene rings is 1. The molecule has 1 aromatic heterocycles. The van der Waals surface area contributed by atoms with E-state index >= 15 is 0 Å². The molecule has 0 radical (unpaired) electrons. The number of rotatable bonds is 2. The van der Waals surface area contributed by atoms with E-state index in [0.717, 1.165) is 24.6 Å². The number of aliphatic imine (C=N–C) groups is 1. The van der Waals surface area contributed by atoms with Crippen molar-refractivity contribution in [1.29, 1.82) is 0 Å². The second-order valence-corrected chi connectivity index (χ2v) is 6.89. The number of hydrogen-bond donors (Lipinski definition) is 1. The fourth-order valence-electron chi connectivity index (χ4n) is 3.80. The summed E-state index contributed by atoms with van der Waals surface area (Å²) in [6.45, 7) is 0.814. The molecule has 142 valence electrons. The van der Waals surface area contributed by atoms with E-state index in [2.05, 4.69) is 15.0 Å². The van der Waals surface area contributed by atoms with Crippen LogP contribution < -0.4 is 0 Å². The number of aromatic amines is 1. The number of piperidine rings is 1. The minimum atomic E-state index is -4.36. The van der Waals surface area contributed by atoms with E-state index in [0.29, 0.717) is 37.3 Å². The minimum absolute atomic E-state index is 0.207. The minimum Gasteiger partial charge on any atom is -0.336 e. The Hall–Kier alpha value is -2.64. The molecule has 0 unspecified atom stereocenters. The number of amides is 1. The molecular weight excluding hydrogens is 357 g/mol. The van der Waals surface area contributed by atoms with Crippen LogP contribution in [0, 0.1) is 0 Å². The smallest absolute Gasteiger partial charge is 0.336 e. The summed E-state index contributed by atoms with van der Waals surface area (Å²) in [4.78, 5) is 25.8. The Morgan fingerprint density at radius 1 is 1.19 bits per heavy atom. The van der Waals surface area contributed by atoms with E-state index in [-0.39, 0.29) is 17.6 Å². The number of aromatic nitrogens is 2. The highest BCUT2D eigenvalue weighted by atomic mass is 19.4. The number of nitrogens with one attached hydrogen (secondary N) is 1. The van der Waals surface area contributed by atoms with Gasteiger partial charge < -0.3 is 9.88 Å². The van der Waals surface area contributed by atoms with E-state index in [1.54, 1.807) is 23.2 Å². The van der Waals surface area contributed by atoms with Gasteiger partial charge in [-0.05, 0) is 43.2 Å². The molecule has 0 spiro atoms. The van der Waals surface area contributed by atoms with E-state index < -0.39 is 11.7 Å². The quantitative estimate of drug-likeness (QED) is 0.858. The van der Waals surface area contributed by atoms with Crippen LogP contribution in [0.5, 0.6) is 0 Å². The number of H-pyrrole nitrogens is 1. The molecule has 0 atom stereocenters. The summed E-state index contributed by atoms with van der Waals surface area (Å²) in [5.74, 6) is 0.384. The van der Waals surface area contributed by atoms with Gasteiger partial charge in [-0.2, -0.15) is 13.2 Å². The highest BCUT2D eigenvalue weighted by molar-refractivity contribution is 5.91. The van der Waals surface area contributed by atoms with Crippen molar-refractivity contribution in [2.45, 2.75) is 37.8 Å². The Morgan fingerprint density at radius 3 is 2.63 bits per heavy atom. The Morgan fingerprint density at radius 2 is 1.93 bits per heavy atom. The fraction of sp³-hybridized carbons (Fsp3) is 0.421. The number of likely N-dealkylation sites (tertiary alicyclic amines) is 1. The molecule has 3 heterocycles. The number of nitrogens with zero attached hydrogens (tertiary/aromatic N) is 3. The van der Waals surface area contributed by atoms with E-state index in [9.17, 15) is 18.0 Å². The molecule has 1 saturated heterocycles. The zero-order chi connectivity index (χ0) is 19.0. The molecule has 1 N–H and O–H groups in total. The molecule has 2 aromatic rings. The van der Waals surface area contributed by atoms with Gasteiger partial charge in [-0.15, -0.1) is 0 Å². The lowest BCUT2D eigenvalue weighted by Crippen LogP contribution is -2.38. The summed E-state index contributed by atoms with van der Waals surface area (Å²) >= 11 is 0. The van der Waals surface area contributed by atoms with Crippen LogP contribution in [0.1, 0.15) is 52.6 Å². The summed E-state index contributed by atoms with van der Waals surface area (Å²) in [6.07, 6.45) is -0.00458. The maximum absolute atomic E-state index is 13.3. The number of imidazole rings is 1. The summed E-state index contributed by atoms with van der Waals surface area (Å²) in [6, 6.07) is 5.71. The predicted octanol–water partition coefficient (Wildman–Crippen LogP) is 4.10. The third-order valence-electron chi connectivity index (χ3n) is 5.18. The molecule has 27 heavy (non-hydrogen) atoms. The second-order valence-electron chi connectivity index (χ2n) is 6.89. The van der Waals surface area contributed by atoms with Gasteiger partial charge in [0.05, 0.1) is 11.3 Å². The molecule has 1 aromatic carbocycles. The standard InChI is InChI=1S/C19H19F3N4O/c20-19(21,22)14-5-2-1-4-13(14)12-7-10-26(11-8-12)18(27)17-24-15-6-3-9-23-16(15)25-17/h1-2,4-5,9,12H,3,6-8,10-11H2,(H,24,25). The maximum Gasteiger partial charge on any atom is 0.416 e. The lowest BCUT2D eigenvalue weighted by molar-refractivity contribution is -0.138. The average molecular weight is 376 g/mol. The molecule has 2 aliphatic rings. The first kappa shape index (κ1) is 17.8. The molecule has 8 heteroatoms. The Kier molecular flexibility index (Phi) is 4.49. The zero-order valence-electron chi connectivity index (χ0n) is 14.6. The third kappa shape index (κ3) is 3.48. The van der Waals surface area contributed by atoms with Crippen LogP contribution in [0.15, 0.2) is 29.3 Å². The van der Waals surface area contributed by atoms with Crippen LogP contribution in [0.25, 0.3) is 0 Å². The van der Waals surface area contributed by atoms with Gasteiger partial charge in [-0.25, -0.2) is 9.98 Å². The van der Waals surface area contributed by atoms with E-state index in [1.807, 2.05) is 0 Å². The third-order valence-corrected chi connectivity index (χ3v) is 5.18. The molecule has 1 fully saturated rings. The number of carbonyl (C=O) groups is 1. The van der Waals surface area contributed by atoms with Crippen molar-refractivity contribution in [2.24, 2.45) is 4.99 Å². The zero-order valence-corrected chi connectivity index (χ0v) is 14.6. The first-order chi connectivity index (χ1) is 12.9. The Balaban J connectivity index is 1.46. The molecular formula is C19H19F3N4O. The van der Waals surface area contributed by atoms with Gasteiger partial charge in [0, 0.05) is 19.3 Å². The topological polar surface area (TPSA) is 61.4 Å². The molecule has 4 rings (SSSR count). The number of hydrogen-bond acceptors (Lipinski definition) is 3. The van der Waals surface area contributed by atoms with Crippen LogP contribution in [0.3, 0.4) is 0 Å². The van der Waals surface area contributed by atoms with Crippen molar-refractivity contribution < 1.29 is 18.0 Å². The van der Waals surface area contributed by atoms with Gasteiger partial charge in [-0.1, -0.05) is 18.2 Å². The first-order valence-electron chi connectivity index (χ1n) is 9.00. The van der Waals surface area contributed by atoms with Crippen molar-refractivity contribution in [1.82, 2.24) is 14.9 Å². The first-order valence-corrected chi connectivity index (χ1v) is 9.00. The summed E-state index contributed by atoms with van der Waals surface area (Å²) < 4.78 is 39.8. The van der Waals surface area contributed by atoms with Crippen LogP contribution in [-0.4, -0.2) is 40.1 Å².